The maximum Gasteiger partial charge on any atom is 0.322 e. The molecule has 0 bridgehead atoms. The van der Waals surface area contributed by atoms with E-state index >= 15 is 0 Å². The molecular weight excluding hydrogens is 304 g/mol. The van der Waals surface area contributed by atoms with Crippen LogP contribution in [0, 0.1) is 6.92 Å². The summed E-state index contributed by atoms with van der Waals surface area (Å²) in [6.45, 7) is 2.77. The molecule has 2 heterocycles. The van der Waals surface area contributed by atoms with E-state index in [1.54, 1.807) is 6.07 Å². The Kier molecular flexibility index (Phi) is 4.46. The summed E-state index contributed by atoms with van der Waals surface area (Å²) in [5.74, 6) is -0.591. The molecule has 1 aliphatic heterocycles. The number of aryl methyl sites for hydroxylation is 1. The van der Waals surface area contributed by atoms with E-state index in [9.17, 15) is 9.59 Å². The predicted molar refractivity (Wildman–Crippen MR) is 91.6 cm³/mol. The van der Waals surface area contributed by atoms with Crippen LogP contribution in [-0.2, 0) is 0 Å². The molecule has 3 amide bonds. The molecule has 124 valence electrons. The van der Waals surface area contributed by atoms with E-state index in [1.165, 1.54) is 17.8 Å². The number of aromatic nitrogens is 1. The van der Waals surface area contributed by atoms with Gasteiger partial charge in [-0.15, -0.1) is 0 Å². The molecule has 0 radical (unpaired) electrons. The van der Waals surface area contributed by atoms with Crippen LogP contribution in [0.25, 0.3) is 0 Å². The van der Waals surface area contributed by atoms with Gasteiger partial charge < -0.3 is 16.0 Å². The lowest BCUT2D eigenvalue weighted by atomic mass is 10.0. The van der Waals surface area contributed by atoms with Gasteiger partial charge in [0.2, 0.25) is 0 Å². The third kappa shape index (κ3) is 3.37. The fourth-order valence-electron chi connectivity index (χ4n) is 3.04. The van der Waals surface area contributed by atoms with E-state index in [0.29, 0.717) is 5.69 Å². The Morgan fingerprint density at radius 1 is 1.29 bits per heavy atom. The fraction of sp³-hybridized carbons (Fsp3) is 0.278. The highest BCUT2D eigenvalue weighted by molar-refractivity contribution is 5.92. The highest BCUT2D eigenvalue weighted by Gasteiger charge is 2.30. The lowest BCUT2D eigenvalue weighted by molar-refractivity contribution is 0.0995. The van der Waals surface area contributed by atoms with Crippen molar-refractivity contribution < 1.29 is 9.59 Å². The topological polar surface area (TPSA) is 88.3 Å². The van der Waals surface area contributed by atoms with Crippen LogP contribution in [-0.4, -0.2) is 28.4 Å². The largest absolute Gasteiger partial charge is 0.364 e. The number of amides is 3. The summed E-state index contributed by atoms with van der Waals surface area (Å²) in [5.41, 5.74) is 8.22. The summed E-state index contributed by atoms with van der Waals surface area (Å²) in [7, 11) is 0. The first-order chi connectivity index (χ1) is 11.5. The van der Waals surface area contributed by atoms with E-state index in [4.69, 9.17) is 5.73 Å². The van der Waals surface area contributed by atoms with Crippen molar-refractivity contribution >= 4 is 17.6 Å². The lowest BCUT2D eigenvalue weighted by Gasteiger charge is -2.25. The van der Waals surface area contributed by atoms with Crippen molar-refractivity contribution in [1.29, 1.82) is 0 Å². The van der Waals surface area contributed by atoms with Gasteiger partial charge in [-0.25, -0.2) is 9.78 Å². The Morgan fingerprint density at radius 2 is 2.12 bits per heavy atom. The second kappa shape index (κ2) is 6.70. The van der Waals surface area contributed by atoms with Gasteiger partial charge in [0.05, 0.1) is 17.9 Å². The normalized spacial score (nSPS) is 16.9. The number of carbonyl (C=O) groups is 2. The maximum absolute atomic E-state index is 12.6. The Hall–Kier alpha value is -2.89. The molecule has 3 N–H and O–H groups in total. The lowest BCUT2D eigenvalue weighted by Crippen LogP contribution is -2.34. The van der Waals surface area contributed by atoms with Gasteiger partial charge in [0, 0.05) is 6.54 Å². The number of urea groups is 1. The zero-order chi connectivity index (χ0) is 17.1. The molecule has 0 aliphatic carbocycles. The molecule has 6 heteroatoms. The minimum absolute atomic E-state index is 0.0859. The van der Waals surface area contributed by atoms with Gasteiger partial charge in [-0.2, -0.15) is 0 Å². The smallest absolute Gasteiger partial charge is 0.322 e. The summed E-state index contributed by atoms with van der Waals surface area (Å²) < 4.78 is 0. The second-order valence-electron chi connectivity index (χ2n) is 5.99. The van der Waals surface area contributed by atoms with Crippen LogP contribution >= 0.6 is 0 Å². The molecule has 1 atom stereocenters. The number of nitrogens with two attached hydrogens (primary N) is 1. The van der Waals surface area contributed by atoms with Crippen molar-refractivity contribution in [2.45, 2.75) is 25.8 Å². The number of nitrogens with one attached hydrogen (secondary N) is 1. The number of rotatable bonds is 3. The number of carbonyl (C=O) groups excluding carboxylic acids is 2. The first-order valence-electron chi connectivity index (χ1n) is 7.94. The first-order valence-corrected chi connectivity index (χ1v) is 7.94. The fourth-order valence-corrected chi connectivity index (χ4v) is 3.04. The van der Waals surface area contributed by atoms with Gasteiger partial charge in [0.15, 0.2) is 0 Å². The minimum Gasteiger partial charge on any atom is -0.364 e. The Labute approximate surface area is 140 Å². The molecule has 1 aromatic heterocycles. The second-order valence-corrected chi connectivity index (χ2v) is 5.99. The molecule has 3 rings (SSSR count). The van der Waals surface area contributed by atoms with E-state index in [0.717, 1.165) is 24.9 Å². The van der Waals surface area contributed by atoms with E-state index in [1.807, 2.05) is 11.0 Å². The molecule has 1 saturated heterocycles. The Morgan fingerprint density at radius 3 is 2.79 bits per heavy atom. The van der Waals surface area contributed by atoms with Crippen LogP contribution in [0.2, 0.25) is 0 Å². The average Bonchev–Trinajstić information content (AvgIpc) is 3.05. The third-order valence-electron chi connectivity index (χ3n) is 4.21. The SMILES string of the molecule is Cc1cccc([C@H]2CCCN2C(=O)Nc2ccc(C(N)=O)nc2)c1. The molecule has 2 aromatic rings. The van der Waals surface area contributed by atoms with Crippen molar-refractivity contribution in [3.63, 3.8) is 0 Å². The van der Waals surface area contributed by atoms with Crippen LogP contribution in [0.5, 0.6) is 0 Å². The number of hydrogen-bond acceptors (Lipinski definition) is 3. The summed E-state index contributed by atoms with van der Waals surface area (Å²) >= 11 is 0. The summed E-state index contributed by atoms with van der Waals surface area (Å²) in [4.78, 5) is 29.4. The van der Waals surface area contributed by atoms with Crippen LogP contribution < -0.4 is 11.1 Å². The van der Waals surface area contributed by atoms with Gasteiger partial charge in [0.25, 0.3) is 5.91 Å². The molecule has 0 unspecified atom stereocenters. The molecule has 1 aliphatic rings. The third-order valence-corrected chi connectivity index (χ3v) is 4.21. The molecule has 1 fully saturated rings. The number of nitrogens with zero attached hydrogens (tertiary/aromatic N) is 2. The van der Waals surface area contributed by atoms with Gasteiger partial charge in [-0.3, -0.25) is 4.79 Å². The molecule has 0 spiro atoms. The van der Waals surface area contributed by atoms with E-state index in [-0.39, 0.29) is 17.8 Å². The average molecular weight is 324 g/mol. The van der Waals surface area contributed by atoms with Crippen LogP contribution in [0.4, 0.5) is 10.5 Å². The number of hydrogen-bond donors (Lipinski definition) is 2. The van der Waals surface area contributed by atoms with Crippen molar-refractivity contribution in [3.8, 4) is 0 Å². The quantitative estimate of drug-likeness (QED) is 0.910. The summed E-state index contributed by atoms with van der Waals surface area (Å²) in [5, 5.41) is 2.84. The predicted octanol–water partition coefficient (Wildman–Crippen LogP) is 2.86. The maximum atomic E-state index is 12.6. The van der Waals surface area contributed by atoms with Crippen molar-refractivity contribution in [1.82, 2.24) is 9.88 Å². The first kappa shape index (κ1) is 16.0. The Balaban J connectivity index is 1.72. The molecule has 24 heavy (non-hydrogen) atoms. The minimum atomic E-state index is -0.591. The highest BCUT2D eigenvalue weighted by atomic mass is 16.2. The number of pyridine rings is 1. The van der Waals surface area contributed by atoms with Gasteiger partial charge in [-0.1, -0.05) is 29.8 Å². The highest BCUT2D eigenvalue weighted by Crippen LogP contribution is 2.32. The van der Waals surface area contributed by atoms with E-state index < -0.39 is 5.91 Å². The molecule has 6 nitrogen and oxygen atoms in total. The van der Waals surface area contributed by atoms with Crippen molar-refractivity contribution in [3.05, 3.63) is 59.4 Å². The number of anilines is 1. The molecule has 1 aromatic carbocycles. The van der Waals surface area contributed by atoms with Crippen LogP contribution in [0.1, 0.15) is 40.5 Å². The van der Waals surface area contributed by atoms with Crippen LogP contribution in [0.3, 0.4) is 0 Å². The van der Waals surface area contributed by atoms with Gasteiger partial charge >= 0.3 is 6.03 Å². The number of primary amides is 1. The number of likely N-dealkylation sites (tertiary alicyclic amines) is 1. The van der Waals surface area contributed by atoms with Crippen molar-refractivity contribution in [2.24, 2.45) is 5.73 Å². The summed E-state index contributed by atoms with van der Waals surface area (Å²) in [6.07, 6.45) is 3.37. The number of benzene rings is 1. The molecular formula is C18H20N4O2. The van der Waals surface area contributed by atoms with E-state index in [2.05, 4.69) is 35.4 Å². The monoisotopic (exact) mass is 324 g/mol. The van der Waals surface area contributed by atoms with Gasteiger partial charge in [0.1, 0.15) is 5.69 Å². The van der Waals surface area contributed by atoms with Crippen molar-refractivity contribution in [2.75, 3.05) is 11.9 Å². The van der Waals surface area contributed by atoms with Crippen LogP contribution in [0.15, 0.2) is 42.6 Å². The van der Waals surface area contributed by atoms with Gasteiger partial charge in [-0.05, 0) is 37.5 Å². The standard InChI is InChI=1S/C18H20N4O2/c1-12-4-2-5-13(10-12)16-6-3-9-22(16)18(24)21-14-7-8-15(17(19)23)20-11-14/h2,4-5,7-8,10-11,16H,3,6,9H2,1H3,(H2,19,23)(H,21,24)/t16-/m1/s1. The summed E-state index contributed by atoms with van der Waals surface area (Å²) in [6, 6.07) is 11.3. The Bertz CT molecular complexity index is 758. The zero-order valence-corrected chi connectivity index (χ0v) is 13.5. The zero-order valence-electron chi connectivity index (χ0n) is 13.5. The molecule has 0 saturated carbocycles.